The minimum Gasteiger partial charge on any atom is -0.378 e. The molecule has 100 valence electrons. The molecule has 3 nitrogen and oxygen atoms in total. The van der Waals surface area contributed by atoms with Gasteiger partial charge in [-0.1, -0.05) is 0 Å². The molecule has 17 heavy (non-hydrogen) atoms. The average Bonchev–Trinajstić information content (AvgIpc) is 2.75. The van der Waals surface area contributed by atoms with Crippen molar-refractivity contribution in [3.8, 4) is 0 Å². The molecule has 2 fully saturated rings. The van der Waals surface area contributed by atoms with E-state index in [1.165, 1.54) is 58.2 Å². The lowest BCUT2D eigenvalue weighted by Crippen LogP contribution is -2.44. The molecule has 1 aliphatic heterocycles. The Kier molecular flexibility index (Phi) is 4.83. The van der Waals surface area contributed by atoms with Crippen molar-refractivity contribution in [3.63, 3.8) is 0 Å². The summed E-state index contributed by atoms with van der Waals surface area (Å²) >= 11 is 0. The fraction of sp³-hybridized carbons (Fsp3) is 1.00. The third-order valence-electron chi connectivity index (χ3n) is 4.50. The highest BCUT2D eigenvalue weighted by Crippen LogP contribution is 2.37. The molecule has 1 heterocycles. The second-order valence-electron chi connectivity index (χ2n) is 5.85. The van der Waals surface area contributed by atoms with Crippen LogP contribution < -0.4 is 5.32 Å². The van der Waals surface area contributed by atoms with E-state index in [2.05, 4.69) is 17.1 Å². The molecule has 0 aromatic heterocycles. The van der Waals surface area contributed by atoms with Crippen LogP contribution in [0.25, 0.3) is 0 Å². The summed E-state index contributed by atoms with van der Waals surface area (Å²) in [6.45, 7) is 7.21. The molecule has 1 saturated carbocycles. The van der Waals surface area contributed by atoms with Crippen LogP contribution in [-0.4, -0.2) is 49.8 Å². The number of likely N-dealkylation sites (tertiary alicyclic amines) is 1. The molecule has 1 atom stereocenters. The van der Waals surface area contributed by atoms with Gasteiger partial charge in [-0.3, -0.25) is 0 Å². The van der Waals surface area contributed by atoms with Gasteiger partial charge in [-0.25, -0.2) is 0 Å². The first-order chi connectivity index (χ1) is 8.24. The largest absolute Gasteiger partial charge is 0.378 e. The van der Waals surface area contributed by atoms with Gasteiger partial charge in [0.25, 0.3) is 0 Å². The monoisotopic (exact) mass is 240 g/mol. The minimum atomic E-state index is 0.223. The summed E-state index contributed by atoms with van der Waals surface area (Å²) in [5, 5.41) is 3.65. The molecule has 1 saturated heterocycles. The van der Waals surface area contributed by atoms with E-state index in [0.717, 1.165) is 6.54 Å². The fourth-order valence-corrected chi connectivity index (χ4v) is 3.09. The first-order valence-corrected chi connectivity index (χ1v) is 7.25. The lowest BCUT2D eigenvalue weighted by Gasteiger charge is -2.41. The van der Waals surface area contributed by atoms with Gasteiger partial charge in [-0.2, -0.15) is 0 Å². The van der Waals surface area contributed by atoms with Gasteiger partial charge in [-0.15, -0.1) is 0 Å². The molecule has 0 amide bonds. The maximum Gasteiger partial charge on any atom is 0.0690 e. The number of ether oxygens (including phenoxy) is 1. The van der Waals surface area contributed by atoms with E-state index >= 15 is 0 Å². The Labute approximate surface area is 106 Å². The number of methoxy groups -OCH3 is 1. The highest BCUT2D eigenvalue weighted by atomic mass is 16.5. The number of hydrogen-bond acceptors (Lipinski definition) is 3. The van der Waals surface area contributed by atoms with Gasteiger partial charge in [0, 0.05) is 19.7 Å². The predicted octanol–water partition coefficient (Wildman–Crippen LogP) is 2.02. The van der Waals surface area contributed by atoms with Crippen LogP contribution >= 0.6 is 0 Å². The Morgan fingerprint density at radius 3 is 2.47 bits per heavy atom. The van der Waals surface area contributed by atoms with Crippen molar-refractivity contribution in [2.45, 2.75) is 57.1 Å². The Morgan fingerprint density at radius 2 is 1.94 bits per heavy atom. The molecule has 1 unspecified atom stereocenters. The molecule has 3 heteroatoms. The molecule has 2 rings (SSSR count). The summed E-state index contributed by atoms with van der Waals surface area (Å²) in [7, 11) is 1.87. The van der Waals surface area contributed by atoms with Gasteiger partial charge in [-0.05, 0) is 65.1 Å². The van der Waals surface area contributed by atoms with Gasteiger partial charge in [0.15, 0.2) is 0 Å². The van der Waals surface area contributed by atoms with Crippen LogP contribution in [-0.2, 0) is 4.74 Å². The normalized spacial score (nSPS) is 25.8. The van der Waals surface area contributed by atoms with Crippen LogP contribution in [0.1, 0.15) is 45.4 Å². The second-order valence-corrected chi connectivity index (χ2v) is 5.85. The van der Waals surface area contributed by atoms with E-state index in [9.17, 15) is 0 Å². The molecule has 0 aromatic carbocycles. The lowest BCUT2D eigenvalue weighted by molar-refractivity contribution is -0.0771. The maximum atomic E-state index is 5.64. The smallest absolute Gasteiger partial charge is 0.0690 e. The number of nitrogens with zero attached hydrogens (tertiary/aromatic N) is 1. The average molecular weight is 240 g/mol. The third-order valence-corrected chi connectivity index (χ3v) is 4.50. The summed E-state index contributed by atoms with van der Waals surface area (Å²) < 4.78 is 5.64. The van der Waals surface area contributed by atoms with Crippen molar-refractivity contribution < 1.29 is 4.74 Å². The zero-order chi connectivity index (χ0) is 12.1. The van der Waals surface area contributed by atoms with E-state index in [1.54, 1.807) is 0 Å². The van der Waals surface area contributed by atoms with Crippen LogP contribution in [0.3, 0.4) is 0 Å². The topological polar surface area (TPSA) is 24.5 Å². The summed E-state index contributed by atoms with van der Waals surface area (Å²) in [6.07, 6.45) is 7.81. The summed E-state index contributed by atoms with van der Waals surface area (Å²) in [6, 6.07) is 0.613. The predicted molar refractivity (Wildman–Crippen MR) is 71.3 cm³/mol. The van der Waals surface area contributed by atoms with Crippen LogP contribution in [0.2, 0.25) is 0 Å². The van der Waals surface area contributed by atoms with E-state index in [-0.39, 0.29) is 5.60 Å². The zero-order valence-corrected chi connectivity index (χ0v) is 11.5. The molecule has 1 N–H and O–H groups in total. The Morgan fingerprint density at radius 1 is 1.24 bits per heavy atom. The molecule has 0 spiro atoms. The standard InChI is InChI=1S/C14H28N2O/c1-13(12-16-10-3-4-11-16)15-9-8-14(17-2)6-5-7-14/h13,15H,3-12H2,1-2H3. The van der Waals surface area contributed by atoms with E-state index < -0.39 is 0 Å². The first-order valence-electron chi connectivity index (χ1n) is 7.25. The lowest BCUT2D eigenvalue weighted by atomic mass is 9.77. The molecule has 0 bridgehead atoms. The van der Waals surface area contributed by atoms with Crippen LogP contribution in [0.4, 0.5) is 0 Å². The summed E-state index contributed by atoms with van der Waals surface area (Å²) in [5.41, 5.74) is 0.223. The highest BCUT2D eigenvalue weighted by Gasteiger charge is 2.36. The first kappa shape index (κ1) is 13.3. The van der Waals surface area contributed by atoms with Gasteiger partial charge in [0.1, 0.15) is 0 Å². The SMILES string of the molecule is COC1(CCNC(C)CN2CCCC2)CCC1. The molecule has 0 radical (unpaired) electrons. The van der Waals surface area contributed by atoms with Crippen molar-refractivity contribution in [2.75, 3.05) is 33.3 Å². The number of rotatable bonds is 7. The van der Waals surface area contributed by atoms with E-state index in [1.807, 2.05) is 7.11 Å². The van der Waals surface area contributed by atoms with Crippen molar-refractivity contribution in [3.05, 3.63) is 0 Å². The van der Waals surface area contributed by atoms with E-state index in [0.29, 0.717) is 6.04 Å². The molecular formula is C14H28N2O. The fourth-order valence-electron chi connectivity index (χ4n) is 3.09. The van der Waals surface area contributed by atoms with Gasteiger partial charge < -0.3 is 15.0 Å². The Hall–Kier alpha value is -0.120. The van der Waals surface area contributed by atoms with Gasteiger partial charge in [0.05, 0.1) is 5.60 Å². The van der Waals surface area contributed by atoms with Gasteiger partial charge >= 0.3 is 0 Å². The number of nitrogens with one attached hydrogen (secondary N) is 1. The van der Waals surface area contributed by atoms with Crippen molar-refractivity contribution in [1.82, 2.24) is 10.2 Å². The van der Waals surface area contributed by atoms with Crippen molar-refractivity contribution in [1.29, 1.82) is 0 Å². The second kappa shape index (κ2) is 6.17. The van der Waals surface area contributed by atoms with Crippen LogP contribution in [0.5, 0.6) is 0 Å². The van der Waals surface area contributed by atoms with E-state index in [4.69, 9.17) is 4.74 Å². The van der Waals surface area contributed by atoms with Crippen LogP contribution in [0.15, 0.2) is 0 Å². The quantitative estimate of drug-likeness (QED) is 0.737. The maximum absolute atomic E-state index is 5.64. The molecular weight excluding hydrogens is 212 g/mol. The Balaban J connectivity index is 1.57. The zero-order valence-electron chi connectivity index (χ0n) is 11.5. The highest BCUT2D eigenvalue weighted by molar-refractivity contribution is 4.90. The van der Waals surface area contributed by atoms with Crippen molar-refractivity contribution >= 4 is 0 Å². The third kappa shape index (κ3) is 3.67. The number of hydrogen-bond donors (Lipinski definition) is 1. The van der Waals surface area contributed by atoms with Crippen LogP contribution in [0, 0.1) is 0 Å². The summed E-state index contributed by atoms with van der Waals surface area (Å²) in [5.74, 6) is 0. The van der Waals surface area contributed by atoms with Gasteiger partial charge in [0.2, 0.25) is 0 Å². The molecule has 1 aliphatic carbocycles. The summed E-state index contributed by atoms with van der Waals surface area (Å²) in [4.78, 5) is 2.58. The van der Waals surface area contributed by atoms with Crippen molar-refractivity contribution in [2.24, 2.45) is 0 Å². The Bertz CT molecular complexity index is 217. The molecule has 0 aromatic rings. The molecule has 2 aliphatic rings. The minimum absolute atomic E-state index is 0.223.